The summed E-state index contributed by atoms with van der Waals surface area (Å²) in [5.74, 6) is -0.278. The molecular weight excluding hydrogens is 422 g/mol. The van der Waals surface area contributed by atoms with Gasteiger partial charge in [0.1, 0.15) is 0 Å². The Balaban J connectivity index is 1.45. The van der Waals surface area contributed by atoms with E-state index in [2.05, 4.69) is 71.6 Å². The van der Waals surface area contributed by atoms with Crippen LogP contribution < -0.4 is 4.90 Å². The van der Waals surface area contributed by atoms with Gasteiger partial charge in [0.25, 0.3) is 0 Å². The number of imide groups is 1. The van der Waals surface area contributed by atoms with Crippen molar-refractivity contribution in [2.45, 2.75) is 38.4 Å². The van der Waals surface area contributed by atoms with Crippen LogP contribution >= 0.6 is 0 Å². The summed E-state index contributed by atoms with van der Waals surface area (Å²) >= 11 is 0. The van der Waals surface area contributed by atoms with Crippen molar-refractivity contribution in [1.29, 1.82) is 0 Å². The first-order valence-corrected chi connectivity index (χ1v) is 12.1. The Morgan fingerprint density at radius 1 is 0.794 bits per heavy atom. The second kappa shape index (κ2) is 9.92. The Morgan fingerprint density at radius 2 is 1.38 bits per heavy atom. The highest BCUT2D eigenvalue weighted by molar-refractivity contribution is 6.18. The fourth-order valence-corrected chi connectivity index (χ4v) is 5.29. The fourth-order valence-electron chi connectivity index (χ4n) is 5.29. The predicted octanol–water partition coefficient (Wildman–Crippen LogP) is 4.05. The number of piperazine rings is 1. The van der Waals surface area contributed by atoms with Gasteiger partial charge in [0.2, 0.25) is 11.8 Å². The van der Waals surface area contributed by atoms with Crippen molar-refractivity contribution in [2.75, 3.05) is 25.0 Å². The molecular formula is C29H31N3O2. The van der Waals surface area contributed by atoms with E-state index >= 15 is 0 Å². The summed E-state index contributed by atoms with van der Waals surface area (Å²) in [6.45, 7) is 2.27. The third kappa shape index (κ3) is 4.81. The zero-order chi connectivity index (χ0) is 23.5. The Morgan fingerprint density at radius 3 is 1.97 bits per heavy atom. The van der Waals surface area contributed by atoms with E-state index in [0.717, 1.165) is 43.6 Å². The Kier molecular flexibility index (Phi) is 6.57. The molecule has 2 aliphatic rings. The zero-order valence-electron chi connectivity index (χ0n) is 19.7. The highest BCUT2D eigenvalue weighted by Gasteiger charge is 2.34. The highest BCUT2D eigenvalue weighted by Crippen LogP contribution is 2.34. The number of carbonyl (C=O) groups is 2. The van der Waals surface area contributed by atoms with Crippen LogP contribution in [0.1, 0.15) is 28.7 Å². The van der Waals surface area contributed by atoms with Gasteiger partial charge >= 0.3 is 0 Å². The molecule has 34 heavy (non-hydrogen) atoms. The maximum absolute atomic E-state index is 12.9. The van der Waals surface area contributed by atoms with E-state index in [9.17, 15) is 9.59 Å². The summed E-state index contributed by atoms with van der Waals surface area (Å²) < 4.78 is 0. The summed E-state index contributed by atoms with van der Waals surface area (Å²) in [5.41, 5.74) is 5.78. The van der Waals surface area contributed by atoms with Crippen molar-refractivity contribution in [3.05, 3.63) is 101 Å². The van der Waals surface area contributed by atoms with E-state index in [1.807, 2.05) is 19.2 Å². The number of aryl methyl sites for hydroxylation is 1. The number of hydrogen-bond donors (Lipinski definition) is 0. The van der Waals surface area contributed by atoms with Gasteiger partial charge in [-0.15, -0.1) is 0 Å². The number of nitrogens with zero attached hydrogens (tertiary/aromatic N) is 3. The van der Waals surface area contributed by atoms with Crippen molar-refractivity contribution in [3.63, 3.8) is 0 Å². The molecule has 2 amide bonds. The summed E-state index contributed by atoms with van der Waals surface area (Å²) in [4.78, 5) is 31.5. The molecule has 1 atom stereocenters. The average molecular weight is 454 g/mol. The fraction of sp³-hybridized carbons (Fsp3) is 0.310. The second-order valence-electron chi connectivity index (χ2n) is 9.48. The monoisotopic (exact) mass is 453 g/mol. The molecule has 0 spiro atoms. The lowest BCUT2D eigenvalue weighted by Gasteiger charge is -2.38. The van der Waals surface area contributed by atoms with Gasteiger partial charge in [0.05, 0.1) is 18.8 Å². The largest absolute Gasteiger partial charge is 0.292 e. The Labute approximate surface area is 201 Å². The lowest BCUT2D eigenvalue weighted by Crippen LogP contribution is -2.53. The van der Waals surface area contributed by atoms with Crippen LogP contribution in [0, 0.1) is 0 Å². The topological polar surface area (TPSA) is 43.9 Å². The summed E-state index contributed by atoms with van der Waals surface area (Å²) in [5, 5.41) is 0. The number of anilines is 1. The molecule has 3 aromatic carbocycles. The molecule has 5 rings (SSSR count). The van der Waals surface area contributed by atoms with Gasteiger partial charge in [-0.2, -0.15) is 0 Å². The molecule has 5 nitrogen and oxygen atoms in total. The highest BCUT2D eigenvalue weighted by atomic mass is 16.2. The first kappa shape index (κ1) is 22.5. The SMILES string of the molecule is CN1CC(=O)N(c2cccc3c2CC(N(Cc2ccccc2)Cc2ccccc2)CC3)C(=O)C1. The molecule has 3 aromatic rings. The molecule has 0 saturated carbocycles. The van der Waals surface area contributed by atoms with Crippen molar-refractivity contribution >= 4 is 17.5 Å². The number of benzene rings is 3. The summed E-state index contributed by atoms with van der Waals surface area (Å²) in [7, 11) is 1.81. The maximum atomic E-state index is 12.9. The first-order valence-electron chi connectivity index (χ1n) is 12.1. The molecule has 0 bridgehead atoms. The second-order valence-corrected chi connectivity index (χ2v) is 9.48. The van der Waals surface area contributed by atoms with Crippen LogP contribution in [0.2, 0.25) is 0 Å². The molecule has 1 aliphatic heterocycles. The molecule has 174 valence electrons. The van der Waals surface area contributed by atoms with Crippen LogP contribution in [0.3, 0.4) is 0 Å². The van der Waals surface area contributed by atoms with Crippen LogP contribution in [0.5, 0.6) is 0 Å². The van der Waals surface area contributed by atoms with Crippen molar-refractivity contribution in [3.8, 4) is 0 Å². The van der Waals surface area contributed by atoms with Crippen LogP contribution in [-0.2, 0) is 35.5 Å². The Bertz CT molecular complexity index is 1100. The number of hydrogen-bond acceptors (Lipinski definition) is 4. The lowest BCUT2D eigenvalue weighted by molar-refractivity contribution is -0.131. The van der Waals surface area contributed by atoms with E-state index in [0.29, 0.717) is 6.04 Å². The molecule has 0 radical (unpaired) electrons. The number of fused-ring (bicyclic) bond motifs is 1. The van der Waals surface area contributed by atoms with Gasteiger partial charge < -0.3 is 0 Å². The average Bonchev–Trinajstić information content (AvgIpc) is 2.84. The summed E-state index contributed by atoms with van der Waals surface area (Å²) in [6.07, 6.45) is 2.84. The van der Waals surface area contributed by atoms with E-state index in [-0.39, 0.29) is 24.9 Å². The minimum absolute atomic E-state index is 0.139. The number of amides is 2. The first-order chi connectivity index (χ1) is 16.6. The number of rotatable bonds is 6. The van der Waals surface area contributed by atoms with Gasteiger partial charge in [0, 0.05) is 19.1 Å². The smallest absolute Gasteiger partial charge is 0.247 e. The van der Waals surface area contributed by atoms with Crippen molar-refractivity contribution in [2.24, 2.45) is 0 Å². The zero-order valence-corrected chi connectivity index (χ0v) is 19.7. The summed E-state index contributed by atoms with van der Waals surface area (Å²) in [6, 6.07) is 27.6. The minimum Gasteiger partial charge on any atom is -0.292 e. The molecule has 0 aromatic heterocycles. The van der Waals surface area contributed by atoms with Crippen LogP contribution in [-0.4, -0.2) is 47.8 Å². The minimum atomic E-state index is -0.139. The molecule has 1 unspecified atom stereocenters. The normalized spacial score (nSPS) is 18.9. The van der Waals surface area contributed by atoms with Gasteiger partial charge in [-0.3, -0.25) is 19.4 Å². The molecule has 0 N–H and O–H groups in total. The van der Waals surface area contributed by atoms with E-state index in [1.165, 1.54) is 21.6 Å². The number of likely N-dealkylation sites (N-methyl/N-ethyl adjacent to an activating group) is 1. The quantitative estimate of drug-likeness (QED) is 0.528. The van der Waals surface area contributed by atoms with Crippen LogP contribution in [0.15, 0.2) is 78.9 Å². The molecule has 1 saturated heterocycles. The van der Waals surface area contributed by atoms with Gasteiger partial charge in [-0.1, -0.05) is 72.8 Å². The molecule has 5 heteroatoms. The van der Waals surface area contributed by atoms with E-state index in [4.69, 9.17) is 0 Å². The lowest BCUT2D eigenvalue weighted by atomic mass is 9.85. The van der Waals surface area contributed by atoms with Crippen molar-refractivity contribution in [1.82, 2.24) is 9.80 Å². The van der Waals surface area contributed by atoms with E-state index in [1.54, 1.807) is 4.90 Å². The van der Waals surface area contributed by atoms with Crippen LogP contribution in [0.4, 0.5) is 5.69 Å². The molecule has 1 fully saturated rings. The maximum Gasteiger partial charge on any atom is 0.247 e. The van der Waals surface area contributed by atoms with E-state index < -0.39 is 0 Å². The van der Waals surface area contributed by atoms with Gasteiger partial charge in [0.15, 0.2) is 0 Å². The number of carbonyl (C=O) groups excluding carboxylic acids is 2. The Hall–Kier alpha value is -3.28. The standard InChI is InChI=1S/C29H31N3O2/c1-30-20-28(33)32(29(34)21-30)27-14-8-13-24-15-16-25(17-26(24)27)31(18-22-9-4-2-5-10-22)19-23-11-6-3-7-12-23/h2-14,25H,15-21H2,1H3. The van der Waals surface area contributed by atoms with Gasteiger partial charge in [-0.05, 0) is 54.6 Å². The van der Waals surface area contributed by atoms with Crippen LogP contribution in [0.25, 0.3) is 0 Å². The predicted molar refractivity (Wildman–Crippen MR) is 134 cm³/mol. The third-order valence-electron chi connectivity index (χ3n) is 6.96. The third-order valence-corrected chi connectivity index (χ3v) is 6.96. The van der Waals surface area contributed by atoms with Crippen molar-refractivity contribution < 1.29 is 9.59 Å². The molecule has 1 heterocycles. The van der Waals surface area contributed by atoms with Gasteiger partial charge in [-0.25, -0.2) is 4.90 Å². The molecule has 1 aliphatic carbocycles.